The van der Waals surface area contributed by atoms with Crippen LogP contribution in [0.1, 0.15) is 78.5 Å². The minimum absolute atomic E-state index is 0.146. The quantitative estimate of drug-likeness (QED) is 0.160. The number of para-hydroxylation sites is 1. The SMILES string of the molecule is CCCc1nc(Cc2cccc(Oc3ccccc3)c2)c(C)c(C(=O)OC(CC)CC)c1OCc1ccccc1. The van der Waals surface area contributed by atoms with Crippen molar-refractivity contribution in [3.63, 3.8) is 0 Å². The highest BCUT2D eigenvalue weighted by Crippen LogP contribution is 2.33. The summed E-state index contributed by atoms with van der Waals surface area (Å²) in [6.45, 7) is 8.47. The van der Waals surface area contributed by atoms with Crippen LogP contribution >= 0.6 is 0 Å². The van der Waals surface area contributed by atoms with Crippen molar-refractivity contribution in [1.82, 2.24) is 4.98 Å². The zero-order valence-corrected chi connectivity index (χ0v) is 24.0. The topological polar surface area (TPSA) is 57.7 Å². The van der Waals surface area contributed by atoms with Crippen LogP contribution in [0.25, 0.3) is 0 Å². The third-order valence-corrected chi connectivity index (χ3v) is 6.92. The Labute approximate surface area is 238 Å². The van der Waals surface area contributed by atoms with Gasteiger partial charge in [-0.1, -0.05) is 87.9 Å². The fourth-order valence-corrected chi connectivity index (χ4v) is 4.67. The van der Waals surface area contributed by atoms with Crippen LogP contribution in [-0.2, 0) is 24.2 Å². The van der Waals surface area contributed by atoms with Gasteiger partial charge in [0, 0.05) is 12.1 Å². The molecule has 0 aliphatic carbocycles. The molecule has 0 saturated heterocycles. The molecule has 0 amide bonds. The number of aromatic nitrogens is 1. The van der Waals surface area contributed by atoms with Crippen molar-refractivity contribution in [3.8, 4) is 17.2 Å². The van der Waals surface area contributed by atoms with Crippen molar-refractivity contribution in [2.75, 3.05) is 0 Å². The summed E-state index contributed by atoms with van der Waals surface area (Å²) in [6.07, 6.45) is 3.49. The normalized spacial score (nSPS) is 10.9. The summed E-state index contributed by atoms with van der Waals surface area (Å²) in [4.78, 5) is 18.8. The Kier molecular flexibility index (Phi) is 10.3. The van der Waals surface area contributed by atoms with Crippen LogP contribution in [0.5, 0.6) is 17.2 Å². The summed E-state index contributed by atoms with van der Waals surface area (Å²) in [5.74, 6) is 1.72. The van der Waals surface area contributed by atoms with Crippen LogP contribution in [0, 0.1) is 6.92 Å². The zero-order chi connectivity index (χ0) is 28.3. The van der Waals surface area contributed by atoms with Gasteiger partial charge in [0.2, 0.25) is 0 Å². The number of esters is 1. The molecule has 0 N–H and O–H groups in total. The van der Waals surface area contributed by atoms with E-state index in [1.807, 2.05) is 99.6 Å². The van der Waals surface area contributed by atoms with Crippen LogP contribution in [-0.4, -0.2) is 17.1 Å². The van der Waals surface area contributed by atoms with Gasteiger partial charge >= 0.3 is 5.97 Å². The lowest BCUT2D eigenvalue weighted by atomic mass is 9.98. The second-order valence-corrected chi connectivity index (χ2v) is 9.94. The van der Waals surface area contributed by atoms with E-state index in [1.54, 1.807) is 0 Å². The van der Waals surface area contributed by atoms with Gasteiger partial charge in [0.15, 0.2) is 5.75 Å². The molecule has 1 aromatic heterocycles. The van der Waals surface area contributed by atoms with Crippen molar-refractivity contribution >= 4 is 5.97 Å². The smallest absolute Gasteiger partial charge is 0.342 e. The Morgan fingerprint density at radius 1 is 0.800 bits per heavy atom. The maximum Gasteiger partial charge on any atom is 0.342 e. The molecule has 0 fully saturated rings. The first-order chi connectivity index (χ1) is 19.5. The second kappa shape index (κ2) is 14.3. The highest BCUT2D eigenvalue weighted by atomic mass is 16.5. The number of aryl methyl sites for hydroxylation is 1. The van der Waals surface area contributed by atoms with Gasteiger partial charge in [-0.25, -0.2) is 4.79 Å². The van der Waals surface area contributed by atoms with E-state index in [4.69, 9.17) is 19.2 Å². The number of carbonyl (C=O) groups is 1. The Balaban J connectivity index is 1.71. The van der Waals surface area contributed by atoms with Crippen LogP contribution < -0.4 is 9.47 Å². The van der Waals surface area contributed by atoms with E-state index in [1.165, 1.54) is 0 Å². The van der Waals surface area contributed by atoms with Gasteiger partial charge in [-0.15, -0.1) is 0 Å². The van der Waals surface area contributed by atoms with Crippen molar-refractivity contribution in [2.45, 2.75) is 72.5 Å². The van der Waals surface area contributed by atoms with E-state index < -0.39 is 0 Å². The highest BCUT2D eigenvalue weighted by molar-refractivity contribution is 5.95. The molecule has 4 aromatic rings. The van der Waals surface area contributed by atoms with Crippen molar-refractivity contribution in [1.29, 1.82) is 0 Å². The van der Waals surface area contributed by atoms with Crippen LogP contribution in [0.15, 0.2) is 84.9 Å². The minimum Gasteiger partial charge on any atom is -0.486 e. The number of pyridine rings is 1. The molecule has 40 heavy (non-hydrogen) atoms. The van der Waals surface area contributed by atoms with Gasteiger partial charge in [-0.3, -0.25) is 4.98 Å². The molecule has 3 aromatic carbocycles. The summed E-state index contributed by atoms with van der Waals surface area (Å²) in [7, 11) is 0. The number of nitrogens with zero attached hydrogens (tertiary/aromatic N) is 1. The minimum atomic E-state index is -0.351. The molecule has 0 unspecified atom stereocenters. The average molecular weight is 538 g/mol. The van der Waals surface area contributed by atoms with Crippen LogP contribution in [0.3, 0.4) is 0 Å². The van der Waals surface area contributed by atoms with Gasteiger partial charge in [0.1, 0.15) is 29.8 Å². The first-order valence-corrected chi connectivity index (χ1v) is 14.2. The zero-order valence-electron chi connectivity index (χ0n) is 24.0. The molecule has 4 rings (SSSR count). The maximum absolute atomic E-state index is 13.7. The van der Waals surface area contributed by atoms with Gasteiger partial charge in [0.05, 0.1) is 5.69 Å². The largest absolute Gasteiger partial charge is 0.486 e. The molecule has 5 heteroatoms. The van der Waals surface area contributed by atoms with Gasteiger partial charge in [-0.2, -0.15) is 0 Å². The maximum atomic E-state index is 13.7. The lowest BCUT2D eigenvalue weighted by Gasteiger charge is -2.21. The van der Waals surface area contributed by atoms with Gasteiger partial charge in [0.25, 0.3) is 0 Å². The van der Waals surface area contributed by atoms with Crippen molar-refractivity contribution in [2.24, 2.45) is 0 Å². The van der Waals surface area contributed by atoms with E-state index >= 15 is 0 Å². The molecule has 208 valence electrons. The summed E-state index contributed by atoms with van der Waals surface area (Å²) in [5, 5.41) is 0. The van der Waals surface area contributed by atoms with Crippen LogP contribution in [0.4, 0.5) is 0 Å². The number of hydrogen-bond donors (Lipinski definition) is 0. The number of carbonyl (C=O) groups excluding carboxylic acids is 1. The molecule has 0 atom stereocenters. The molecule has 0 aliphatic heterocycles. The lowest BCUT2D eigenvalue weighted by molar-refractivity contribution is 0.0278. The first kappa shape index (κ1) is 28.9. The highest BCUT2D eigenvalue weighted by Gasteiger charge is 2.26. The van der Waals surface area contributed by atoms with Gasteiger partial charge < -0.3 is 14.2 Å². The molecular formula is C35H39NO4. The fourth-order valence-electron chi connectivity index (χ4n) is 4.67. The third kappa shape index (κ3) is 7.50. The number of rotatable bonds is 13. The molecule has 1 heterocycles. The third-order valence-electron chi connectivity index (χ3n) is 6.92. The fraction of sp³-hybridized carbons (Fsp3) is 0.314. The van der Waals surface area contributed by atoms with E-state index in [2.05, 4.69) is 13.0 Å². The van der Waals surface area contributed by atoms with Crippen molar-refractivity contribution < 1.29 is 19.0 Å². The Hall–Kier alpha value is -4.12. The Morgan fingerprint density at radius 2 is 1.45 bits per heavy atom. The monoisotopic (exact) mass is 537 g/mol. The van der Waals surface area contributed by atoms with E-state index in [0.29, 0.717) is 30.8 Å². The predicted molar refractivity (Wildman–Crippen MR) is 159 cm³/mol. The van der Waals surface area contributed by atoms with Gasteiger partial charge in [-0.05, 0) is 67.1 Å². The predicted octanol–water partition coefficient (Wildman–Crippen LogP) is 8.65. The molecule has 0 radical (unpaired) electrons. The number of hydrogen-bond acceptors (Lipinski definition) is 5. The van der Waals surface area contributed by atoms with E-state index in [9.17, 15) is 4.79 Å². The van der Waals surface area contributed by atoms with E-state index in [0.717, 1.165) is 58.8 Å². The molecule has 0 aliphatic rings. The summed E-state index contributed by atoms with van der Waals surface area (Å²) >= 11 is 0. The van der Waals surface area contributed by atoms with Crippen molar-refractivity contribution in [3.05, 3.63) is 119 Å². The first-order valence-electron chi connectivity index (χ1n) is 14.2. The van der Waals surface area contributed by atoms with Crippen LogP contribution in [0.2, 0.25) is 0 Å². The average Bonchev–Trinajstić information content (AvgIpc) is 2.98. The Bertz CT molecular complexity index is 1380. The molecule has 5 nitrogen and oxygen atoms in total. The lowest BCUT2D eigenvalue weighted by Crippen LogP contribution is -2.20. The number of benzene rings is 3. The molecule has 0 spiro atoms. The summed E-state index contributed by atoms with van der Waals surface area (Å²) in [5.41, 5.74) is 4.96. The standard InChI is InChI=1S/C35H39NO4/c1-5-15-31-34(38-24-26-16-10-8-11-17-26)33(35(37)40-28(6-2)7-3)25(4)32(36-31)23-27-18-14-21-30(22-27)39-29-19-12-9-13-20-29/h8-14,16-22,28H,5-7,15,23-24H2,1-4H3. The molecule has 0 saturated carbocycles. The molecule has 0 bridgehead atoms. The Morgan fingerprint density at radius 3 is 2.12 bits per heavy atom. The number of ether oxygens (including phenoxy) is 3. The molecular weight excluding hydrogens is 498 g/mol. The summed E-state index contributed by atoms with van der Waals surface area (Å²) < 4.78 is 18.4. The second-order valence-electron chi connectivity index (χ2n) is 9.94. The summed E-state index contributed by atoms with van der Waals surface area (Å²) in [6, 6.07) is 27.7. The van der Waals surface area contributed by atoms with E-state index in [-0.39, 0.29) is 12.1 Å².